The first kappa shape index (κ1) is 14.1. The highest BCUT2D eigenvalue weighted by molar-refractivity contribution is 6.35. The SMILES string of the molecule is O=C1C2CCC(C2)C(=O)N1c1cc(C#CCO)ccc1Cl. The predicted octanol–water partition coefficient (Wildman–Crippen LogP) is 1.97. The van der Waals surface area contributed by atoms with Crippen molar-refractivity contribution in [1.29, 1.82) is 0 Å². The summed E-state index contributed by atoms with van der Waals surface area (Å²) in [7, 11) is 0. The van der Waals surface area contributed by atoms with Gasteiger partial charge >= 0.3 is 0 Å². The fourth-order valence-electron chi connectivity index (χ4n) is 3.04. The Bertz CT molecular complexity index is 652. The third-order valence-electron chi connectivity index (χ3n) is 4.07. The fraction of sp³-hybridized carbons (Fsp3) is 0.375. The third-order valence-corrected chi connectivity index (χ3v) is 4.39. The Morgan fingerprint density at radius 2 is 1.90 bits per heavy atom. The number of hydrogen-bond donors (Lipinski definition) is 1. The molecule has 1 saturated heterocycles. The van der Waals surface area contributed by atoms with Crippen molar-refractivity contribution in [3.8, 4) is 11.8 Å². The molecule has 1 aliphatic carbocycles. The van der Waals surface area contributed by atoms with Crippen LogP contribution in [0.5, 0.6) is 0 Å². The van der Waals surface area contributed by atoms with Crippen LogP contribution in [-0.4, -0.2) is 23.5 Å². The topological polar surface area (TPSA) is 57.6 Å². The average Bonchev–Trinajstić information content (AvgIpc) is 2.93. The summed E-state index contributed by atoms with van der Waals surface area (Å²) in [5.41, 5.74) is 1.01. The van der Waals surface area contributed by atoms with Crippen molar-refractivity contribution >= 4 is 29.1 Å². The van der Waals surface area contributed by atoms with Crippen molar-refractivity contribution in [2.24, 2.45) is 11.8 Å². The molecule has 3 rings (SSSR count). The van der Waals surface area contributed by atoms with E-state index in [1.54, 1.807) is 18.2 Å². The number of hydrogen-bond acceptors (Lipinski definition) is 3. The molecule has 2 aliphatic rings. The molecule has 108 valence electrons. The number of halogens is 1. The number of fused-ring (bicyclic) bond motifs is 2. The second-order valence-corrected chi connectivity index (χ2v) is 5.75. The van der Waals surface area contributed by atoms with Gasteiger partial charge in [0, 0.05) is 17.4 Å². The monoisotopic (exact) mass is 303 g/mol. The van der Waals surface area contributed by atoms with E-state index in [1.165, 1.54) is 4.90 Å². The summed E-state index contributed by atoms with van der Waals surface area (Å²) in [6.45, 7) is -0.246. The Morgan fingerprint density at radius 1 is 1.24 bits per heavy atom. The van der Waals surface area contributed by atoms with Crippen molar-refractivity contribution in [3.05, 3.63) is 28.8 Å². The number of rotatable bonds is 1. The van der Waals surface area contributed by atoms with Gasteiger partial charge in [-0.05, 0) is 37.5 Å². The summed E-state index contributed by atoms with van der Waals surface area (Å²) in [5, 5.41) is 9.10. The van der Waals surface area contributed by atoms with E-state index in [4.69, 9.17) is 16.7 Å². The molecule has 2 bridgehead atoms. The number of anilines is 1. The first-order chi connectivity index (χ1) is 10.1. The van der Waals surface area contributed by atoms with Gasteiger partial charge in [0.05, 0.1) is 10.7 Å². The molecule has 1 heterocycles. The maximum Gasteiger partial charge on any atom is 0.236 e. The van der Waals surface area contributed by atoms with Gasteiger partial charge in [0.1, 0.15) is 6.61 Å². The lowest BCUT2D eigenvalue weighted by Gasteiger charge is -2.30. The molecule has 2 unspecified atom stereocenters. The number of aliphatic hydroxyl groups is 1. The number of piperidine rings is 1. The normalized spacial score (nSPS) is 24.0. The van der Waals surface area contributed by atoms with E-state index >= 15 is 0 Å². The summed E-state index contributed by atoms with van der Waals surface area (Å²) < 4.78 is 0. The largest absolute Gasteiger partial charge is 0.384 e. The first-order valence-electron chi connectivity index (χ1n) is 6.89. The van der Waals surface area contributed by atoms with Crippen molar-refractivity contribution < 1.29 is 14.7 Å². The van der Waals surface area contributed by atoms with Crippen LogP contribution in [0.25, 0.3) is 0 Å². The maximum atomic E-state index is 12.4. The van der Waals surface area contributed by atoms with Crippen LogP contribution in [-0.2, 0) is 9.59 Å². The van der Waals surface area contributed by atoms with Crippen LogP contribution in [0.2, 0.25) is 5.02 Å². The van der Waals surface area contributed by atoms with Gasteiger partial charge in [-0.25, -0.2) is 4.90 Å². The second-order valence-electron chi connectivity index (χ2n) is 5.34. The number of carbonyl (C=O) groups excluding carboxylic acids is 2. The molecular formula is C16H14ClNO3. The fourth-order valence-corrected chi connectivity index (χ4v) is 3.25. The molecule has 1 aliphatic heterocycles. The molecule has 0 spiro atoms. The quantitative estimate of drug-likeness (QED) is 0.637. The van der Waals surface area contributed by atoms with Gasteiger partial charge in [-0.2, -0.15) is 0 Å². The molecule has 1 aromatic rings. The Morgan fingerprint density at radius 3 is 2.52 bits per heavy atom. The van der Waals surface area contributed by atoms with Crippen molar-refractivity contribution in [2.75, 3.05) is 11.5 Å². The Labute approximate surface area is 127 Å². The summed E-state index contributed by atoms with van der Waals surface area (Å²) in [4.78, 5) is 26.1. The molecule has 0 radical (unpaired) electrons. The summed E-state index contributed by atoms with van der Waals surface area (Å²) >= 11 is 6.17. The van der Waals surface area contributed by atoms with E-state index in [0.717, 1.165) is 12.8 Å². The van der Waals surface area contributed by atoms with E-state index in [1.807, 2.05) is 0 Å². The second kappa shape index (κ2) is 5.51. The molecular weight excluding hydrogens is 290 g/mol. The summed E-state index contributed by atoms with van der Waals surface area (Å²) in [5.74, 6) is 4.83. The molecule has 2 fully saturated rings. The van der Waals surface area contributed by atoms with Crippen molar-refractivity contribution in [3.63, 3.8) is 0 Å². The minimum Gasteiger partial charge on any atom is -0.384 e. The van der Waals surface area contributed by atoms with Crippen LogP contribution in [0, 0.1) is 23.7 Å². The lowest BCUT2D eigenvalue weighted by Crippen LogP contribution is -2.46. The number of amides is 2. The zero-order valence-electron chi connectivity index (χ0n) is 11.3. The molecule has 2 amide bonds. The first-order valence-corrected chi connectivity index (χ1v) is 7.26. The number of nitrogens with zero attached hydrogens (tertiary/aromatic N) is 1. The minimum atomic E-state index is -0.246. The zero-order chi connectivity index (χ0) is 15.0. The van der Waals surface area contributed by atoms with Gasteiger partial charge in [-0.3, -0.25) is 9.59 Å². The molecule has 0 aromatic heterocycles. The highest BCUT2D eigenvalue weighted by Crippen LogP contribution is 2.41. The number of benzene rings is 1. The third kappa shape index (κ3) is 2.44. The molecule has 1 saturated carbocycles. The number of aliphatic hydroxyl groups excluding tert-OH is 1. The van der Waals surface area contributed by atoms with Gasteiger partial charge in [0.15, 0.2) is 0 Å². The highest BCUT2D eigenvalue weighted by atomic mass is 35.5. The van der Waals surface area contributed by atoms with E-state index in [0.29, 0.717) is 22.7 Å². The minimum absolute atomic E-state index is 0.0732. The van der Waals surface area contributed by atoms with Crippen LogP contribution < -0.4 is 4.90 Å². The lowest BCUT2D eigenvalue weighted by molar-refractivity contribution is -0.132. The van der Waals surface area contributed by atoms with E-state index < -0.39 is 0 Å². The molecule has 1 aromatic carbocycles. The summed E-state index contributed by atoms with van der Waals surface area (Å²) in [6.07, 6.45) is 2.20. The van der Waals surface area contributed by atoms with Crippen LogP contribution in [0.4, 0.5) is 5.69 Å². The van der Waals surface area contributed by atoms with Gasteiger partial charge in [-0.1, -0.05) is 23.4 Å². The smallest absolute Gasteiger partial charge is 0.236 e. The van der Waals surface area contributed by atoms with Crippen LogP contribution in [0.1, 0.15) is 24.8 Å². The van der Waals surface area contributed by atoms with Crippen LogP contribution in [0.15, 0.2) is 18.2 Å². The van der Waals surface area contributed by atoms with E-state index in [9.17, 15) is 9.59 Å². The Balaban J connectivity index is 2.02. The van der Waals surface area contributed by atoms with Crippen LogP contribution in [0.3, 0.4) is 0 Å². The molecule has 1 N–H and O–H groups in total. The zero-order valence-corrected chi connectivity index (χ0v) is 12.1. The Hall–Kier alpha value is -1.83. The van der Waals surface area contributed by atoms with Gasteiger partial charge in [0.2, 0.25) is 11.8 Å². The van der Waals surface area contributed by atoms with Crippen molar-refractivity contribution in [1.82, 2.24) is 0 Å². The number of imide groups is 1. The predicted molar refractivity (Wildman–Crippen MR) is 78.7 cm³/mol. The Kier molecular flexibility index (Phi) is 3.71. The lowest BCUT2D eigenvalue weighted by atomic mass is 9.96. The molecule has 5 heteroatoms. The summed E-state index contributed by atoms with van der Waals surface area (Å²) in [6, 6.07) is 4.95. The van der Waals surface area contributed by atoms with Crippen LogP contribution >= 0.6 is 11.6 Å². The molecule has 2 atom stereocenters. The molecule has 4 nitrogen and oxygen atoms in total. The molecule has 21 heavy (non-hydrogen) atoms. The maximum absolute atomic E-state index is 12.4. The van der Waals surface area contributed by atoms with Gasteiger partial charge in [-0.15, -0.1) is 0 Å². The highest BCUT2D eigenvalue weighted by Gasteiger charge is 2.46. The van der Waals surface area contributed by atoms with Crippen molar-refractivity contribution in [2.45, 2.75) is 19.3 Å². The number of carbonyl (C=O) groups is 2. The standard InChI is InChI=1S/C16H14ClNO3/c17-13-6-3-10(2-1-7-19)8-14(13)18-15(20)11-4-5-12(9-11)16(18)21/h3,6,8,11-12,19H,4-5,7,9H2. The average molecular weight is 304 g/mol. The van der Waals surface area contributed by atoms with Gasteiger partial charge < -0.3 is 5.11 Å². The van der Waals surface area contributed by atoms with E-state index in [2.05, 4.69) is 11.8 Å². The van der Waals surface area contributed by atoms with E-state index in [-0.39, 0.29) is 30.3 Å². The van der Waals surface area contributed by atoms with Gasteiger partial charge in [0.25, 0.3) is 0 Å².